The maximum Gasteiger partial charge on any atom is 0.573 e. The minimum Gasteiger partial charge on any atom is -0.493 e. The Morgan fingerprint density at radius 2 is 0.944 bits per heavy atom. The number of hydrogen-bond acceptors (Lipinski definition) is 9. The molecule has 378 valence electrons. The molecular formula is C53H57F3N2O11S2. The highest BCUT2D eigenvalue weighted by Crippen LogP contribution is 2.35. The minimum atomic E-state index is -4.87. The van der Waals surface area contributed by atoms with Crippen molar-refractivity contribution in [2.45, 2.75) is 81.4 Å². The van der Waals surface area contributed by atoms with Gasteiger partial charge in [0.2, 0.25) is 0 Å². The van der Waals surface area contributed by atoms with Crippen molar-refractivity contribution in [3.8, 4) is 17.2 Å². The fourth-order valence-corrected chi connectivity index (χ4v) is 10.6. The number of nitrogens with zero attached hydrogens (tertiary/aromatic N) is 2. The predicted octanol–water partition coefficient (Wildman–Crippen LogP) is 11.2. The molecule has 0 unspecified atom stereocenters. The molecule has 0 radical (unpaired) electrons. The van der Waals surface area contributed by atoms with Crippen LogP contribution in [0.5, 0.6) is 17.2 Å². The fraction of sp³-hybridized carbons (Fsp3) is 0.283. The molecule has 13 nitrogen and oxygen atoms in total. The zero-order chi connectivity index (χ0) is 51.8. The Hall–Kier alpha value is -7.05. The Balaban J connectivity index is 0.000000264. The van der Waals surface area contributed by atoms with E-state index in [1.54, 1.807) is 60.7 Å². The van der Waals surface area contributed by atoms with Crippen LogP contribution in [0, 0.1) is 0 Å². The van der Waals surface area contributed by atoms with Crippen LogP contribution in [0.3, 0.4) is 0 Å². The first kappa shape index (κ1) is 54.9. The highest BCUT2D eigenvalue weighted by molar-refractivity contribution is 7.93. The third kappa shape index (κ3) is 15.0. The number of methoxy groups -OCH3 is 2. The van der Waals surface area contributed by atoms with Crippen LogP contribution < -0.4 is 22.8 Å². The average Bonchev–Trinajstić information content (AvgIpc) is 3.35. The lowest BCUT2D eigenvalue weighted by Gasteiger charge is -2.27. The number of halogens is 3. The number of rotatable bonds is 23. The van der Waals surface area contributed by atoms with Gasteiger partial charge in [0.1, 0.15) is 5.75 Å². The molecule has 0 aliphatic carbocycles. The first-order valence-electron chi connectivity index (χ1n) is 22.8. The largest absolute Gasteiger partial charge is 0.573 e. The minimum absolute atomic E-state index is 0.130. The molecule has 0 aromatic heterocycles. The molecule has 0 saturated heterocycles. The Morgan fingerprint density at radius 1 is 0.535 bits per heavy atom. The van der Waals surface area contributed by atoms with Crippen LogP contribution in [0.1, 0.15) is 82.5 Å². The van der Waals surface area contributed by atoms with E-state index >= 15 is 0 Å². The van der Waals surface area contributed by atoms with Crippen LogP contribution in [0.4, 0.5) is 24.5 Å². The molecule has 0 bridgehead atoms. The maximum absolute atomic E-state index is 13.8. The first-order chi connectivity index (χ1) is 33.8. The summed E-state index contributed by atoms with van der Waals surface area (Å²) in [6.07, 6.45) is 0.304. The van der Waals surface area contributed by atoms with Gasteiger partial charge in [0, 0.05) is 19.2 Å². The van der Waals surface area contributed by atoms with Crippen LogP contribution in [0.25, 0.3) is 0 Å². The second kappa shape index (κ2) is 25.2. The number of anilines is 2. The van der Waals surface area contributed by atoms with E-state index in [4.69, 9.17) is 19.7 Å². The molecule has 6 aromatic carbocycles. The Bertz CT molecular complexity index is 2930. The summed E-state index contributed by atoms with van der Waals surface area (Å²) in [5, 5.41) is 18.2. The molecule has 6 aromatic rings. The quantitative estimate of drug-likeness (QED) is 0.0624. The van der Waals surface area contributed by atoms with Crippen LogP contribution in [0.15, 0.2) is 149 Å². The number of sulfonamides is 2. The number of alkyl halides is 3. The van der Waals surface area contributed by atoms with E-state index < -0.39 is 44.1 Å². The summed E-state index contributed by atoms with van der Waals surface area (Å²) in [6, 6.07) is 36.6. The highest BCUT2D eigenvalue weighted by Gasteiger charge is 2.32. The number of benzene rings is 6. The Kier molecular flexibility index (Phi) is 19.5. The number of ether oxygens (including phenoxy) is 3. The molecule has 0 saturated carbocycles. The van der Waals surface area contributed by atoms with Gasteiger partial charge >= 0.3 is 18.3 Å². The molecule has 71 heavy (non-hydrogen) atoms. The highest BCUT2D eigenvalue weighted by atomic mass is 32.2. The second-order valence-electron chi connectivity index (χ2n) is 16.2. The third-order valence-corrected chi connectivity index (χ3v) is 14.9. The maximum atomic E-state index is 13.8. The van der Waals surface area contributed by atoms with Gasteiger partial charge in [0.15, 0.2) is 11.5 Å². The number of carboxylic acid groups (broad SMARTS) is 2. The summed E-state index contributed by atoms with van der Waals surface area (Å²) >= 11 is 0. The number of hydrogen-bond donors (Lipinski definition) is 2. The van der Waals surface area contributed by atoms with E-state index in [0.29, 0.717) is 67.9 Å². The summed E-state index contributed by atoms with van der Waals surface area (Å²) in [5.41, 5.74) is 5.10. The molecule has 18 heteroatoms. The molecule has 0 spiro atoms. The molecule has 0 fully saturated rings. The van der Waals surface area contributed by atoms with Crippen LogP contribution in [-0.2, 0) is 45.7 Å². The number of carboxylic acids is 2. The van der Waals surface area contributed by atoms with Crippen LogP contribution in [-0.4, -0.2) is 72.7 Å². The summed E-state index contributed by atoms with van der Waals surface area (Å²) in [4.78, 5) is 22.2. The summed E-state index contributed by atoms with van der Waals surface area (Å²) < 4.78 is 109. The van der Waals surface area contributed by atoms with Crippen molar-refractivity contribution in [3.05, 3.63) is 173 Å². The zero-order valence-corrected chi connectivity index (χ0v) is 41.4. The van der Waals surface area contributed by atoms with Gasteiger partial charge in [0.25, 0.3) is 20.0 Å². The smallest absolute Gasteiger partial charge is 0.493 e. The van der Waals surface area contributed by atoms with Gasteiger partial charge in [-0.15, -0.1) is 13.2 Å². The second-order valence-corrected chi connectivity index (χ2v) is 19.9. The number of aryl methyl sites for hydroxylation is 4. The summed E-state index contributed by atoms with van der Waals surface area (Å²) in [6.45, 7) is 4.50. The van der Waals surface area contributed by atoms with Gasteiger partial charge < -0.3 is 24.4 Å². The van der Waals surface area contributed by atoms with Crippen molar-refractivity contribution in [1.82, 2.24) is 0 Å². The van der Waals surface area contributed by atoms with Crippen molar-refractivity contribution in [2.75, 3.05) is 35.9 Å². The van der Waals surface area contributed by atoms with Crippen molar-refractivity contribution in [2.24, 2.45) is 0 Å². The first-order valence-corrected chi connectivity index (χ1v) is 25.6. The number of aromatic carboxylic acids is 2. The van der Waals surface area contributed by atoms with E-state index in [1.165, 1.54) is 47.1 Å². The van der Waals surface area contributed by atoms with Gasteiger partial charge in [0.05, 0.1) is 46.5 Å². The van der Waals surface area contributed by atoms with Crippen LogP contribution >= 0.6 is 0 Å². The molecule has 6 rings (SSSR count). The van der Waals surface area contributed by atoms with Crippen molar-refractivity contribution in [3.63, 3.8) is 0 Å². The Labute approximate surface area is 413 Å². The zero-order valence-electron chi connectivity index (χ0n) is 39.8. The van der Waals surface area contributed by atoms with E-state index in [0.717, 1.165) is 59.4 Å². The van der Waals surface area contributed by atoms with E-state index in [9.17, 15) is 39.6 Å². The molecule has 0 aliphatic rings. The number of para-hydroxylation sites is 2. The SMILES string of the molecule is CCCCN(c1ccccc1CCc1ccc(C(=O)O)cc1)S(=O)(=O)c1ccc(OC(F)(F)F)cc1.CCCCN(c1ccccc1CCc1ccc(C(=O)O)cc1)S(=O)(=O)c1ccc(OC)c(OC)c1. The monoisotopic (exact) mass is 1020 g/mol. The molecule has 2 N–H and O–H groups in total. The Morgan fingerprint density at radius 3 is 1.34 bits per heavy atom. The predicted molar refractivity (Wildman–Crippen MR) is 266 cm³/mol. The van der Waals surface area contributed by atoms with Gasteiger partial charge in [-0.1, -0.05) is 87.4 Å². The number of carbonyl (C=O) groups is 2. The number of unbranched alkanes of at least 4 members (excludes halogenated alkanes) is 2. The van der Waals surface area contributed by atoms with Crippen LogP contribution in [0.2, 0.25) is 0 Å². The molecular weight excluding hydrogens is 962 g/mol. The molecule has 0 heterocycles. The van der Waals surface area contributed by atoms with Gasteiger partial charge in [-0.05, 0) is 134 Å². The van der Waals surface area contributed by atoms with Crippen molar-refractivity contribution < 1.29 is 64.0 Å². The molecule has 0 amide bonds. The lowest BCUT2D eigenvalue weighted by Crippen LogP contribution is -2.33. The molecule has 0 atom stereocenters. The van der Waals surface area contributed by atoms with E-state index in [2.05, 4.69) is 4.74 Å². The van der Waals surface area contributed by atoms with E-state index in [1.807, 2.05) is 44.2 Å². The van der Waals surface area contributed by atoms with Gasteiger partial charge in [-0.2, -0.15) is 0 Å². The van der Waals surface area contributed by atoms with E-state index in [-0.39, 0.29) is 27.5 Å². The lowest BCUT2D eigenvalue weighted by atomic mass is 10.0. The average molecular weight is 1020 g/mol. The standard InChI is InChI=1S/C27H31NO6S.C26H26F3NO5S/c1-4-5-18-28(35(31,32)23-16-17-25(33-2)26(19-23)34-3)24-9-7-6-8-21(24)13-10-20-11-14-22(15-12-20)27(29)30;1-2-3-18-30(36(33,34)23-16-14-22(15-17-23)35-26(27,28)29)24-7-5-4-6-20(24)11-8-19-9-12-21(13-10-19)25(31)32/h6-9,11-12,14-17,19H,4-5,10,13,18H2,1-3H3,(H,29,30);4-7,9-10,12-17H,2-3,8,11,18H2,1H3,(H,31,32). The molecule has 0 aliphatic heterocycles. The van der Waals surface area contributed by atoms with Crippen molar-refractivity contribution >= 4 is 43.4 Å². The van der Waals surface area contributed by atoms with Crippen molar-refractivity contribution in [1.29, 1.82) is 0 Å². The lowest BCUT2D eigenvalue weighted by molar-refractivity contribution is -0.274. The fourth-order valence-electron chi connectivity index (χ4n) is 7.51. The topological polar surface area (TPSA) is 177 Å². The van der Waals surface area contributed by atoms with Gasteiger partial charge in [-0.25, -0.2) is 26.4 Å². The normalized spacial score (nSPS) is 11.5. The summed E-state index contributed by atoms with van der Waals surface area (Å²) in [5.74, 6) is -1.67. The van der Waals surface area contributed by atoms with Gasteiger partial charge in [-0.3, -0.25) is 8.61 Å². The third-order valence-electron chi connectivity index (χ3n) is 11.3. The summed E-state index contributed by atoms with van der Waals surface area (Å²) in [7, 11) is -4.97.